The molecule has 18 heavy (non-hydrogen) atoms. The standard InChI is InChI=1S/C9H16O8.K/c1-3(8(14)15)16-9-7(13)6(12)5(11)4(2-10)17-9;/h3-7,9-13H,2H2,1H3,(H,14,15);/q;+1/p-1/t3-,4+,5+,6-,7-,9-;/m0./s1. The van der Waals surface area contributed by atoms with Gasteiger partial charge >= 0.3 is 51.4 Å². The van der Waals surface area contributed by atoms with E-state index >= 15 is 0 Å². The summed E-state index contributed by atoms with van der Waals surface area (Å²) in [6.45, 7) is 0.557. The first-order valence-electron chi connectivity index (χ1n) is 5.05. The molecule has 8 nitrogen and oxygen atoms in total. The molecule has 1 aliphatic heterocycles. The summed E-state index contributed by atoms with van der Waals surface area (Å²) >= 11 is 0. The minimum Gasteiger partial charge on any atom is -0.547 e. The van der Waals surface area contributed by atoms with Crippen LogP contribution in [0.5, 0.6) is 0 Å². The second kappa shape index (κ2) is 8.22. The molecule has 4 N–H and O–H groups in total. The fourth-order valence-corrected chi connectivity index (χ4v) is 1.44. The Labute approximate surface area is 146 Å². The van der Waals surface area contributed by atoms with Gasteiger partial charge in [-0.2, -0.15) is 0 Å². The first-order chi connectivity index (χ1) is 7.88. The topological polar surface area (TPSA) is 140 Å². The van der Waals surface area contributed by atoms with Crippen molar-refractivity contribution in [3.63, 3.8) is 0 Å². The van der Waals surface area contributed by atoms with Crippen molar-refractivity contribution in [1.29, 1.82) is 0 Å². The van der Waals surface area contributed by atoms with E-state index in [9.17, 15) is 25.2 Å². The molecule has 1 aliphatic rings. The zero-order chi connectivity index (χ0) is 13.2. The van der Waals surface area contributed by atoms with Crippen LogP contribution in [0.25, 0.3) is 0 Å². The minimum absolute atomic E-state index is 0. The van der Waals surface area contributed by atoms with Crippen LogP contribution in [0.2, 0.25) is 0 Å². The third-order valence-corrected chi connectivity index (χ3v) is 2.52. The number of aliphatic hydroxyl groups is 4. The normalized spacial score (nSPS) is 37.7. The predicted molar refractivity (Wildman–Crippen MR) is 49.3 cm³/mol. The van der Waals surface area contributed by atoms with Gasteiger partial charge in [0.1, 0.15) is 24.4 Å². The second-order valence-corrected chi connectivity index (χ2v) is 3.79. The monoisotopic (exact) mass is 290 g/mol. The molecule has 6 atom stereocenters. The van der Waals surface area contributed by atoms with E-state index in [1.54, 1.807) is 0 Å². The molecule has 1 heterocycles. The fourth-order valence-electron chi connectivity index (χ4n) is 1.44. The Bertz CT molecular complexity index is 273. The molecular formula is C9H15KO8. The summed E-state index contributed by atoms with van der Waals surface area (Å²) in [6.07, 6.45) is -8.68. The van der Waals surface area contributed by atoms with Crippen LogP contribution in [-0.4, -0.2) is 69.8 Å². The van der Waals surface area contributed by atoms with Crippen molar-refractivity contribution >= 4 is 5.97 Å². The molecule has 1 saturated heterocycles. The van der Waals surface area contributed by atoms with E-state index in [1.807, 2.05) is 0 Å². The number of carboxylic acids is 1. The molecule has 100 valence electrons. The Morgan fingerprint density at radius 2 is 1.89 bits per heavy atom. The Hall–Kier alpha value is 0.866. The van der Waals surface area contributed by atoms with Crippen molar-refractivity contribution < 1.29 is 91.2 Å². The number of rotatable bonds is 4. The number of hydrogen-bond acceptors (Lipinski definition) is 8. The minimum atomic E-state index is -1.62. The summed E-state index contributed by atoms with van der Waals surface area (Å²) in [4.78, 5) is 10.4. The molecule has 0 unspecified atom stereocenters. The molecule has 1 rings (SSSR count). The maximum Gasteiger partial charge on any atom is 1.00 e. The first kappa shape index (κ1) is 18.9. The maximum atomic E-state index is 10.4. The van der Waals surface area contributed by atoms with Gasteiger partial charge in [-0.25, -0.2) is 0 Å². The van der Waals surface area contributed by atoms with Crippen molar-refractivity contribution in [3.8, 4) is 0 Å². The van der Waals surface area contributed by atoms with Gasteiger partial charge < -0.3 is 39.8 Å². The van der Waals surface area contributed by atoms with E-state index in [-0.39, 0.29) is 51.4 Å². The van der Waals surface area contributed by atoms with E-state index in [0.717, 1.165) is 6.92 Å². The predicted octanol–water partition coefficient (Wildman–Crippen LogP) is -7.05. The van der Waals surface area contributed by atoms with E-state index in [1.165, 1.54) is 0 Å². The number of aliphatic hydroxyl groups excluding tert-OH is 4. The van der Waals surface area contributed by atoms with Crippen molar-refractivity contribution in [2.45, 2.75) is 43.7 Å². The summed E-state index contributed by atoms with van der Waals surface area (Å²) in [5.74, 6) is -1.51. The van der Waals surface area contributed by atoms with E-state index in [0.29, 0.717) is 0 Å². The molecule has 0 bridgehead atoms. The third kappa shape index (κ3) is 4.46. The average Bonchev–Trinajstić information content (AvgIpc) is 2.29. The van der Waals surface area contributed by atoms with Gasteiger partial charge in [-0.1, -0.05) is 0 Å². The van der Waals surface area contributed by atoms with Crippen molar-refractivity contribution in [1.82, 2.24) is 0 Å². The van der Waals surface area contributed by atoms with Gasteiger partial charge in [0.05, 0.1) is 18.7 Å². The van der Waals surface area contributed by atoms with Crippen molar-refractivity contribution in [3.05, 3.63) is 0 Å². The Balaban J connectivity index is 0.00000289. The zero-order valence-corrected chi connectivity index (χ0v) is 13.2. The van der Waals surface area contributed by atoms with Crippen LogP contribution in [-0.2, 0) is 14.3 Å². The SMILES string of the molecule is C[C@H](O[C@H]1O[C@H](CO)[C@@H](O)[C@H](O)[C@@H]1O)C(=O)[O-].[K+]. The van der Waals surface area contributed by atoms with Gasteiger partial charge in [0.15, 0.2) is 6.29 Å². The first-order valence-corrected chi connectivity index (χ1v) is 5.05. The summed E-state index contributed by atoms with van der Waals surface area (Å²) in [5.41, 5.74) is 0. The molecule has 0 aromatic carbocycles. The number of carbonyl (C=O) groups excluding carboxylic acids is 1. The summed E-state index contributed by atoms with van der Waals surface area (Å²) < 4.78 is 9.73. The van der Waals surface area contributed by atoms with Gasteiger partial charge in [-0.3, -0.25) is 0 Å². The van der Waals surface area contributed by atoms with Crippen LogP contribution in [0, 0.1) is 0 Å². The van der Waals surface area contributed by atoms with E-state index in [2.05, 4.69) is 0 Å². The van der Waals surface area contributed by atoms with Gasteiger partial charge in [0, 0.05) is 0 Å². The molecule has 1 fully saturated rings. The number of hydrogen-bond donors (Lipinski definition) is 4. The molecule has 0 aromatic heterocycles. The van der Waals surface area contributed by atoms with Crippen LogP contribution < -0.4 is 56.5 Å². The third-order valence-electron chi connectivity index (χ3n) is 2.52. The van der Waals surface area contributed by atoms with Crippen LogP contribution in [0.1, 0.15) is 6.92 Å². The zero-order valence-electron chi connectivity index (χ0n) is 10.1. The molecule has 0 aromatic rings. The quantitative estimate of drug-likeness (QED) is 0.374. The van der Waals surface area contributed by atoms with Crippen LogP contribution in [0.4, 0.5) is 0 Å². The van der Waals surface area contributed by atoms with Crippen molar-refractivity contribution in [2.24, 2.45) is 0 Å². The van der Waals surface area contributed by atoms with Gasteiger partial charge in [0.2, 0.25) is 0 Å². The number of carbonyl (C=O) groups is 1. The van der Waals surface area contributed by atoms with Gasteiger partial charge in [0.25, 0.3) is 0 Å². The van der Waals surface area contributed by atoms with Crippen LogP contribution in [0.3, 0.4) is 0 Å². The number of carboxylic acid groups (broad SMARTS) is 1. The van der Waals surface area contributed by atoms with E-state index < -0.39 is 49.4 Å². The summed E-state index contributed by atoms with van der Waals surface area (Å²) in [5, 5.41) is 47.6. The van der Waals surface area contributed by atoms with Gasteiger partial charge in [-0.05, 0) is 6.92 Å². The molecule has 9 heteroatoms. The molecule has 0 saturated carbocycles. The Morgan fingerprint density at radius 1 is 1.33 bits per heavy atom. The Kier molecular flexibility index (Phi) is 8.62. The summed E-state index contributed by atoms with van der Waals surface area (Å²) in [6, 6.07) is 0. The molecule has 0 radical (unpaired) electrons. The van der Waals surface area contributed by atoms with Crippen LogP contribution >= 0.6 is 0 Å². The fraction of sp³-hybridized carbons (Fsp3) is 0.889. The van der Waals surface area contributed by atoms with E-state index in [4.69, 9.17) is 14.6 Å². The molecule has 0 spiro atoms. The Morgan fingerprint density at radius 3 is 2.33 bits per heavy atom. The largest absolute Gasteiger partial charge is 1.00 e. The maximum absolute atomic E-state index is 10.4. The number of aliphatic carboxylic acids is 1. The van der Waals surface area contributed by atoms with Crippen LogP contribution in [0.15, 0.2) is 0 Å². The summed E-state index contributed by atoms with van der Waals surface area (Å²) in [7, 11) is 0. The second-order valence-electron chi connectivity index (χ2n) is 3.79. The van der Waals surface area contributed by atoms with Crippen molar-refractivity contribution in [2.75, 3.05) is 6.61 Å². The average molecular weight is 290 g/mol. The molecule has 0 amide bonds. The van der Waals surface area contributed by atoms with Gasteiger partial charge in [-0.15, -0.1) is 0 Å². The molecular weight excluding hydrogens is 275 g/mol. The number of ether oxygens (including phenoxy) is 2. The molecule has 0 aliphatic carbocycles. The smallest absolute Gasteiger partial charge is 0.547 e.